The van der Waals surface area contributed by atoms with Crippen LogP contribution in [-0.2, 0) is 4.43 Å². The molecule has 1 unspecified atom stereocenters. The predicted molar refractivity (Wildman–Crippen MR) is 76.8 cm³/mol. The van der Waals surface area contributed by atoms with E-state index in [2.05, 4.69) is 69.0 Å². The fourth-order valence-electron chi connectivity index (χ4n) is 2.20. The third-order valence-electron chi connectivity index (χ3n) is 2.79. The van der Waals surface area contributed by atoms with Crippen molar-refractivity contribution in [3.8, 4) is 0 Å². The second kappa shape index (κ2) is 4.63. The van der Waals surface area contributed by atoms with Crippen molar-refractivity contribution < 1.29 is 4.43 Å². The molecule has 90 valence electrons. The van der Waals surface area contributed by atoms with Gasteiger partial charge in [-0.3, -0.25) is 0 Å². The van der Waals surface area contributed by atoms with Gasteiger partial charge in [-0.05, 0) is 42.9 Å². The lowest BCUT2D eigenvalue weighted by Crippen LogP contribution is -2.27. The summed E-state index contributed by atoms with van der Waals surface area (Å²) in [6, 6.07) is 14.9. The molecule has 1 atom stereocenters. The van der Waals surface area contributed by atoms with Gasteiger partial charge in [0.15, 0.2) is 8.32 Å². The summed E-state index contributed by atoms with van der Waals surface area (Å²) in [5, 5.41) is 2.59. The summed E-state index contributed by atoms with van der Waals surface area (Å²) in [7, 11) is -1.49. The van der Waals surface area contributed by atoms with Crippen LogP contribution >= 0.6 is 0 Å². The van der Waals surface area contributed by atoms with Gasteiger partial charge in [-0.25, -0.2) is 0 Å². The van der Waals surface area contributed by atoms with Crippen molar-refractivity contribution >= 4 is 19.1 Å². The molecule has 0 amide bonds. The summed E-state index contributed by atoms with van der Waals surface area (Å²) in [5.41, 5.74) is 1.30. The van der Waals surface area contributed by atoms with Crippen LogP contribution < -0.4 is 0 Å². The molecular formula is C15H20OSi. The molecule has 2 aromatic rings. The molecule has 0 bridgehead atoms. The van der Waals surface area contributed by atoms with Crippen LogP contribution in [0.5, 0.6) is 0 Å². The maximum atomic E-state index is 6.17. The molecule has 0 N–H and O–H groups in total. The number of benzene rings is 2. The fourth-order valence-corrected chi connectivity index (χ4v) is 3.39. The summed E-state index contributed by atoms with van der Waals surface area (Å²) in [6.07, 6.45) is 0.174. The third kappa shape index (κ3) is 2.96. The summed E-state index contributed by atoms with van der Waals surface area (Å²) in [5.74, 6) is 0. The topological polar surface area (TPSA) is 9.23 Å². The molecule has 0 heterocycles. The first-order valence-electron chi connectivity index (χ1n) is 6.13. The Kier molecular flexibility index (Phi) is 3.36. The van der Waals surface area contributed by atoms with E-state index >= 15 is 0 Å². The summed E-state index contributed by atoms with van der Waals surface area (Å²) < 4.78 is 6.17. The Morgan fingerprint density at radius 1 is 0.941 bits per heavy atom. The predicted octanol–water partition coefficient (Wildman–Crippen LogP) is 4.75. The summed E-state index contributed by atoms with van der Waals surface area (Å²) in [4.78, 5) is 0. The summed E-state index contributed by atoms with van der Waals surface area (Å²) >= 11 is 0. The molecule has 0 aliphatic carbocycles. The van der Waals surface area contributed by atoms with Crippen molar-refractivity contribution in [3.63, 3.8) is 0 Å². The molecule has 0 fully saturated rings. The second-order valence-electron chi connectivity index (χ2n) is 5.44. The minimum Gasteiger partial charge on any atom is -0.411 e. The Labute approximate surface area is 105 Å². The van der Waals surface area contributed by atoms with E-state index in [1.165, 1.54) is 16.3 Å². The average molecular weight is 244 g/mol. The Morgan fingerprint density at radius 3 is 2.29 bits per heavy atom. The molecular weight excluding hydrogens is 224 g/mol. The van der Waals surface area contributed by atoms with Crippen LogP contribution in [0.15, 0.2) is 42.5 Å². The Hall–Kier alpha value is -1.12. The highest BCUT2D eigenvalue weighted by Crippen LogP contribution is 2.28. The van der Waals surface area contributed by atoms with Crippen LogP contribution in [0.2, 0.25) is 19.6 Å². The standard InChI is InChI=1S/C15H20OSi/c1-12(16-17(2,3)4)14-11-7-9-13-8-5-6-10-15(13)14/h5-12H,1-4H3. The lowest BCUT2D eigenvalue weighted by Gasteiger charge is -2.24. The van der Waals surface area contributed by atoms with Crippen molar-refractivity contribution in [3.05, 3.63) is 48.0 Å². The fraction of sp³-hybridized carbons (Fsp3) is 0.333. The normalized spacial score (nSPS) is 13.9. The highest BCUT2D eigenvalue weighted by Gasteiger charge is 2.20. The maximum absolute atomic E-state index is 6.17. The van der Waals surface area contributed by atoms with Crippen molar-refractivity contribution in [2.24, 2.45) is 0 Å². The SMILES string of the molecule is CC(O[Si](C)(C)C)c1cccc2ccccc12. The lowest BCUT2D eigenvalue weighted by molar-refractivity contribution is 0.221. The number of hydrogen-bond acceptors (Lipinski definition) is 1. The molecule has 2 rings (SSSR count). The van der Waals surface area contributed by atoms with Gasteiger partial charge in [0.1, 0.15) is 0 Å². The van der Waals surface area contributed by atoms with E-state index in [0.717, 1.165) is 0 Å². The van der Waals surface area contributed by atoms with Crippen molar-refractivity contribution in [2.75, 3.05) is 0 Å². The number of hydrogen-bond donors (Lipinski definition) is 0. The highest BCUT2D eigenvalue weighted by atomic mass is 28.4. The van der Waals surface area contributed by atoms with Crippen LogP contribution in [0, 0.1) is 0 Å². The van der Waals surface area contributed by atoms with E-state index in [4.69, 9.17) is 4.43 Å². The van der Waals surface area contributed by atoms with Crippen molar-refractivity contribution in [1.82, 2.24) is 0 Å². The van der Waals surface area contributed by atoms with Gasteiger partial charge in [-0.2, -0.15) is 0 Å². The minimum atomic E-state index is -1.49. The number of rotatable bonds is 3. The molecule has 0 aliphatic rings. The Bertz CT molecular complexity index is 508. The Morgan fingerprint density at radius 2 is 1.59 bits per heavy atom. The zero-order valence-electron chi connectivity index (χ0n) is 11.0. The zero-order chi connectivity index (χ0) is 12.5. The van der Waals surface area contributed by atoms with E-state index in [1.54, 1.807) is 0 Å². The third-order valence-corrected chi connectivity index (χ3v) is 3.85. The van der Waals surface area contributed by atoms with E-state index in [-0.39, 0.29) is 6.10 Å². The smallest absolute Gasteiger partial charge is 0.184 e. The van der Waals surface area contributed by atoms with Gasteiger partial charge >= 0.3 is 0 Å². The van der Waals surface area contributed by atoms with Crippen LogP contribution in [0.4, 0.5) is 0 Å². The number of fused-ring (bicyclic) bond motifs is 1. The van der Waals surface area contributed by atoms with Gasteiger partial charge in [0, 0.05) is 0 Å². The molecule has 1 nitrogen and oxygen atoms in total. The van der Waals surface area contributed by atoms with Gasteiger partial charge in [-0.15, -0.1) is 0 Å². The molecule has 0 spiro atoms. The van der Waals surface area contributed by atoms with Crippen LogP contribution in [0.1, 0.15) is 18.6 Å². The minimum absolute atomic E-state index is 0.174. The van der Waals surface area contributed by atoms with Crippen LogP contribution in [-0.4, -0.2) is 8.32 Å². The maximum Gasteiger partial charge on any atom is 0.184 e. The average Bonchev–Trinajstić information content (AvgIpc) is 2.26. The first-order valence-corrected chi connectivity index (χ1v) is 9.54. The molecule has 0 aliphatic heterocycles. The van der Waals surface area contributed by atoms with Gasteiger partial charge in [0.25, 0.3) is 0 Å². The van der Waals surface area contributed by atoms with E-state index in [9.17, 15) is 0 Å². The molecule has 2 aromatic carbocycles. The largest absolute Gasteiger partial charge is 0.411 e. The van der Waals surface area contributed by atoms with Gasteiger partial charge in [-0.1, -0.05) is 42.5 Å². The molecule has 0 saturated carbocycles. The zero-order valence-corrected chi connectivity index (χ0v) is 12.0. The molecule has 2 heteroatoms. The van der Waals surface area contributed by atoms with E-state index < -0.39 is 8.32 Å². The highest BCUT2D eigenvalue weighted by molar-refractivity contribution is 6.69. The molecule has 0 aromatic heterocycles. The summed E-state index contributed by atoms with van der Waals surface area (Å²) in [6.45, 7) is 8.85. The van der Waals surface area contributed by atoms with Crippen molar-refractivity contribution in [1.29, 1.82) is 0 Å². The molecule has 0 radical (unpaired) electrons. The quantitative estimate of drug-likeness (QED) is 0.708. The first-order chi connectivity index (χ1) is 7.97. The van der Waals surface area contributed by atoms with Gasteiger partial charge in [0.2, 0.25) is 0 Å². The van der Waals surface area contributed by atoms with E-state index in [1.807, 2.05) is 0 Å². The van der Waals surface area contributed by atoms with Gasteiger partial charge in [0.05, 0.1) is 6.10 Å². The van der Waals surface area contributed by atoms with Crippen LogP contribution in [0.25, 0.3) is 10.8 Å². The first kappa shape index (κ1) is 12.3. The van der Waals surface area contributed by atoms with Gasteiger partial charge < -0.3 is 4.43 Å². The van der Waals surface area contributed by atoms with Crippen molar-refractivity contribution in [2.45, 2.75) is 32.7 Å². The molecule has 17 heavy (non-hydrogen) atoms. The molecule has 0 saturated heterocycles. The second-order valence-corrected chi connectivity index (χ2v) is 9.90. The van der Waals surface area contributed by atoms with Crippen LogP contribution in [0.3, 0.4) is 0 Å². The monoisotopic (exact) mass is 244 g/mol. The Balaban J connectivity index is 2.41. The lowest BCUT2D eigenvalue weighted by atomic mass is 10.0. The van der Waals surface area contributed by atoms with E-state index in [0.29, 0.717) is 0 Å².